The molecule has 0 aromatic heterocycles. The van der Waals surface area contributed by atoms with Crippen molar-refractivity contribution in [2.45, 2.75) is 47.6 Å². The molecule has 0 aromatic rings. The van der Waals surface area contributed by atoms with Crippen molar-refractivity contribution >= 4 is 37.8 Å². The quantitative estimate of drug-likeness (QED) is 0.710. The van der Waals surface area contributed by atoms with Gasteiger partial charge in [-0.15, -0.1) is 0 Å². The molecule has 1 aliphatic rings. The molecule has 0 spiro atoms. The first-order chi connectivity index (χ1) is 7.14. The number of amides is 1. The summed E-state index contributed by atoms with van der Waals surface area (Å²) >= 11 is 6.82. The second-order valence-corrected chi connectivity index (χ2v) is 6.64. The van der Waals surface area contributed by atoms with E-state index in [2.05, 4.69) is 37.2 Å². The largest absolute Gasteiger partial charge is 0.471 e. The Kier molecular flexibility index (Phi) is 4.32. The fraction of sp³-hybridized carbons (Fsp3) is 0.889. The Balaban J connectivity index is 2.63. The Hall–Kier alpha value is 0.220. The summed E-state index contributed by atoms with van der Waals surface area (Å²) < 4.78 is 36.3. The fourth-order valence-electron chi connectivity index (χ4n) is 1.76. The molecule has 3 atom stereocenters. The summed E-state index contributed by atoms with van der Waals surface area (Å²) in [7, 11) is 0. The highest BCUT2D eigenvalue weighted by atomic mass is 79.9. The van der Waals surface area contributed by atoms with Crippen molar-refractivity contribution in [1.82, 2.24) is 5.32 Å². The van der Waals surface area contributed by atoms with Crippen LogP contribution in [0.15, 0.2) is 0 Å². The van der Waals surface area contributed by atoms with Crippen molar-refractivity contribution in [3.8, 4) is 0 Å². The molecule has 0 saturated heterocycles. The number of hydrogen-bond donors (Lipinski definition) is 1. The number of carbonyl (C=O) groups excluding carboxylic acids is 1. The molecule has 0 aliphatic heterocycles. The van der Waals surface area contributed by atoms with Gasteiger partial charge in [0.25, 0.3) is 0 Å². The molecular weight excluding hydrogens is 355 g/mol. The minimum absolute atomic E-state index is 0.0692. The van der Waals surface area contributed by atoms with Crippen LogP contribution in [0.1, 0.15) is 26.2 Å². The lowest BCUT2D eigenvalue weighted by Gasteiger charge is -2.39. The van der Waals surface area contributed by atoms with Gasteiger partial charge in [0, 0.05) is 15.2 Å². The van der Waals surface area contributed by atoms with Gasteiger partial charge in [0.1, 0.15) is 0 Å². The summed E-state index contributed by atoms with van der Waals surface area (Å²) in [6, 6.07) is 0. The summed E-state index contributed by atoms with van der Waals surface area (Å²) in [6.45, 7) is 1.64. The highest BCUT2D eigenvalue weighted by Gasteiger charge is 2.44. The molecule has 0 bridgehead atoms. The molecule has 94 valence electrons. The van der Waals surface area contributed by atoms with Crippen LogP contribution in [-0.2, 0) is 4.79 Å². The lowest BCUT2D eigenvalue weighted by molar-refractivity contribution is -0.175. The van der Waals surface area contributed by atoms with E-state index in [-0.39, 0.29) is 9.65 Å². The standard InChI is InChI=1S/C9H12Br2F3NO/c1-8(15-7(16)9(12,13)14)3-2-5(10)6(11)4-8/h5-6H,2-4H2,1H3,(H,15,16)/t5-,6-,8-/m0/s1. The zero-order valence-corrected chi connectivity index (χ0v) is 11.7. The molecule has 0 heterocycles. The van der Waals surface area contributed by atoms with Gasteiger partial charge in [0.2, 0.25) is 0 Å². The van der Waals surface area contributed by atoms with Gasteiger partial charge in [-0.3, -0.25) is 4.79 Å². The number of hydrogen-bond acceptors (Lipinski definition) is 1. The molecule has 2 nitrogen and oxygen atoms in total. The van der Waals surface area contributed by atoms with Gasteiger partial charge < -0.3 is 5.32 Å². The van der Waals surface area contributed by atoms with Gasteiger partial charge in [-0.2, -0.15) is 13.2 Å². The van der Waals surface area contributed by atoms with Crippen molar-refractivity contribution in [2.24, 2.45) is 0 Å². The van der Waals surface area contributed by atoms with E-state index < -0.39 is 17.6 Å². The van der Waals surface area contributed by atoms with Crippen LogP contribution in [0.5, 0.6) is 0 Å². The van der Waals surface area contributed by atoms with Crippen LogP contribution >= 0.6 is 31.9 Å². The highest BCUT2D eigenvalue weighted by molar-refractivity contribution is 9.12. The summed E-state index contributed by atoms with van der Waals surface area (Å²) in [5.74, 6) is -1.86. The van der Waals surface area contributed by atoms with Gasteiger partial charge in [0.05, 0.1) is 0 Å². The first-order valence-electron chi connectivity index (χ1n) is 4.81. The average Bonchev–Trinajstić information content (AvgIpc) is 2.10. The zero-order chi connectivity index (χ0) is 12.6. The predicted molar refractivity (Wildman–Crippen MR) is 61.9 cm³/mol. The van der Waals surface area contributed by atoms with Crippen molar-refractivity contribution < 1.29 is 18.0 Å². The lowest BCUT2D eigenvalue weighted by Crippen LogP contribution is -2.54. The van der Waals surface area contributed by atoms with Crippen LogP contribution in [-0.4, -0.2) is 27.3 Å². The molecule has 1 amide bonds. The Bertz CT molecular complexity index is 284. The van der Waals surface area contributed by atoms with Gasteiger partial charge >= 0.3 is 12.1 Å². The molecule has 1 saturated carbocycles. The third-order valence-electron chi connectivity index (χ3n) is 2.68. The maximum atomic E-state index is 12.1. The lowest BCUT2D eigenvalue weighted by atomic mass is 9.83. The maximum absolute atomic E-state index is 12.1. The number of nitrogens with one attached hydrogen (secondary N) is 1. The molecule has 1 aliphatic carbocycles. The first-order valence-corrected chi connectivity index (χ1v) is 6.65. The molecule has 0 unspecified atom stereocenters. The predicted octanol–water partition coefficient (Wildman–Crippen LogP) is 3.13. The van der Waals surface area contributed by atoms with E-state index in [0.29, 0.717) is 12.8 Å². The number of halogens is 5. The Morgan fingerprint density at radius 1 is 1.38 bits per heavy atom. The molecule has 0 radical (unpaired) electrons. The molecule has 0 aromatic carbocycles. The van der Waals surface area contributed by atoms with Crippen molar-refractivity contribution in [3.63, 3.8) is 0 Å². The number of rotatable bonds is 1. The minimum atomic E-state index is -4.81. The summed E-state index contributed by atoms with van der Waals surface area (Å²) in [5, 5.41) is 2.07. The van der Waals surface area contributed by atoms with E-state index >= 15 is 0 Å². The van der Waals surface area contributed by atoms with E-state index in [1.54, 1.807) is 6.92 Å². The van der Waals surface area contributed by atoms with Crippen molar-refractivity contribution in [2.75, 3.05) is 0 Å². The fourth-order valence-corrected chi connectivity index (χ4v) is 3.15. The summed E-state index contributed by atoms with van der Waals surface area (Å²) in [4.78, 5) is 11.2. The first kappa shape index (κ1) is 14.3. The summed E-state index contributed by atoms with van der Waals surface area (Å²) in [6.07, 6.45) is -3.07. The van der Waals surface area contributed by atoms with E-state index in [9.17, 15) is 18.0 Å². The smallest absolute Gasteiger partial charge is 0.343 e. The second-order valence-electron chi connectivity index (χ2n) is 4.29. The van der Waals surface area contributed by atoms with E-state index in [1.165, 1.54) is 0 Å². The van der Waals surface area contributed by atoms with Gasteiger partial charge in [-0.05, 0) is 26.2 Å². The molecule has 1 fully saturated rings. The van der Waals surface area contributed by atoms with Crippen LogP contribution in [0.25, 0.3) is 0 Å². The third kappa shape index (κ3) is 3.61. The van der Waals surface area contributed by atoms with E-state index in [0.717, 1.165) is 6.42 Å². The van der Waals surface area contributed by atoms with Crippen LogP contribution < -0.4 is 5.32 Å². The SMILES string of the molecule is C[C@]1(NC(=O)C(F)(F)F)CC[C@H](Br)[C@@H](Br)C1. The van der Waals surface area contributed by atoms with Crippen LogP contribution in [0.3, 0.4) is 0 Å². The normalized spacial score (nSPS) is 35.9. The Labute approximate surface area is 109 Å². The van der Waals surface area contributed by atoms with Crippen LogP contribution in [0.4, 0.5) is 13.2 Å². The molecule has 1 N–H and O–H groups in total. The van der Waals surface area contributed by atoms with E-state index in [4.69, 9.17) is 0 Å². The molecular formula is C9H12Br2F3NO. The Morgan fingerprint density at radius 3 is 2.38 bits per heavy atom. The number of alkyl halides is 5. The topological polar surface area (TPSA) is 29.1 Å². The maximum Gasteiger partial charge on any atom is 0.471 e. The van der Waals surface area contributed by atoms with Gasteiger partial charge in [-0.1, -0.05) is 31.9 Å². The monoisotopic (exact) mass is 365 g/mol. The zero-order valence-electron chi connectivity index (χ0n) is 8.57. The van der Waals surface area contributed by atoms with Gasteiger partial charge in [-0.25, -0.2) is 0 Å². The number of carbonyl (C=O) groups is 1. The van der Waals surface area contributed by atoms with Crippen LogP contribution in [0.2, 0.25) is 0 Å². The van der Waals surface area contributed by atoms with Crippen molar-refractivity contribution in [3.05, 3.63) is 0 Å². The molecule has 1 rings (SSSR count). The third-order valence-corrected chi connectivity index (χ3v) is 5.45. The molecule has 16 heavy (non-hydrogen) atoms. The summed E-state index contributed by atoms with van der Waals surface area (Å²) in [5.41, 5.74) is -0.787. The van der Waals surface area contributed by atoms with Crippen molar-refractivity contribution in [1.29, 1.82) is 0 Å². The Morgan fingerprint density at radius 2 is 1.94 bits per heavy atom. The highest BCUT2D eigenvalue weighted by Crippen LogP contribution is 2.36. The van der Waals surface area contributed by atoms with Gasteiger partial charge in [0.15, 0.2) is 0 Å². The minimum Gasteiger partial charge on any atom is -0.343 e. The second kappa shape index (κ2) is 4.84. The van der Waals surface area contributed by atoms with E-state index in [1.807, 2.05) is 0 Å². The van der Waals surface area contributed by atoms with Crippen LogP contribution in [0, 0.1) is 0 Å². The average molecular weight is 367 g/mol. The molecule has 7 heteroatoms.